The highest BCUT2D eigenvalue weighted by Crippen LogP contribution is 2.40. The highest BCUT2D eigenvalue weighted by atomic mass is 16.2. The van der Waals surface area contributed by atoms with Crippen molar-refractivity contribution in [3.05, 3.63) is 65.0 Å². The maximum absolute atomic E-state index is 13.4. The van der Waals surface area contributed by atoms with Crippen LogP contribution in [0.25, 0.3) is 16.6 Å². The number of nitrogens with zero attached hydrogens (tertiary/aromatic N) is 4. The van der Waals surface area contributed by atoms with Gasteiger partial charge >= 0.3 is 0 Å². The van der Waals surface area contributed by atoms with Gasteiger partial charge in [0.2, 0.25) is 0 Å². The summed E-state index contributed by atoms with van der Waals surface area (Å²) in [6, 6.07) is 12.4. The van der Waals surface area contributed by atoms with Crippen LogP contribution < -0.4 is 0 Å². The molecule has 5 nitrogen and oxygen atoms in total. The van der Waals surface area contributed by atoms with Crippen molar-refractivity contribution in [1.82, 2.24) is 19.7 Å². The van der Waals surface area contributed by atoms with E-state index in [0.717, 1.165) is 53.8 Å². The molecule has 0 radical (unpaired) electrons. The molecule has 0 N–H and O–H groups in total. The second-order valence-electron chi connectivity index (χ2n) is 7.87. The summed E-state index contributed by atoms with van der Waals surface area (Å²) in [6.07, 6.45) is 5.39. The number of fused-ring (bicyclic) bond motifs is 1. The molecule has 0 saturated heterocycles. The highest BCUT2D eigenvalue weighted by molar-refractivity contribution is 6.06. The van der Waals surface area contributed by atoms with Gasteiger partial charge in [-0.05, 0) is 43.4 Å². The van der Waals surface area contributed by atoms with E-state index in [4.69, 9.17) is 4.98 Å². The summed E-state index contributed by atoms with van der Waals surface area (Å²) in [5, 5.41) is 5.42. The van der Waals surface area contributed by atoms with E-state index in [2.05, 4.69) is 35.4 Å². The minimum absolute atomic E-state index is 0.0914. The predicted molar refractivity (Wildman–Crippen MR) is 110 cm³/mol. The molecule has 0 unspecified atom stereocenters. The van der Waals surface area contributed by atoms with E-state index in [9.17, 15) is 4.79 Å². The van der Waals surface area contributed by atoms with Crippen LogP contribution in [0.4, 0.5) is 0 Å². The van der Waals surface area contributed by atoms with Crippen molar-refractivity contribution in [3.63, 3.8) is 0 Å². The SMILES string of the molecule is Cc1nn(C)c2nc(C3CC3)cc(C(=O)N3CC=C(c4ccccc4)CC3)c12. The normalized spacial score (nSPS) is 17.1. The van der Waals surface area contributed by atoms with Gasteiger partial charge in [0, 0.05) is 31.7 Å². The maximum atomic E-state index is 13.4. The van der Waals surface area contributed by atoms with Gasteiger partial charge in [-0.15, -0.1) is 0 Å². The zero-order valence-corrected chi connectivity index (χ0v) is 16.4. The first-order chi connectivity index (χ1) is 13.6. The van der Waals surface area contributed by atoms with Gasteiger partial charge in [-0.3, -0.25) is 9.48 Å². The summed E-state index contributed by atoms with van der Waals surface area (Å²) in [5.74, 6) is 0.589. The molecule has 1 aliphatic heterocycles. The lowest BCUT2D eigenvalue weighted by Gasteiger charge is -2.27. The van der Waals surface area contributed by atoms with E-state index >= 15 is 0 Å². The van der Waals surface area contributed by atoms with Crippen LogP contribution in [0.3, 0.4) is 0 Å². The first-order valence-electron chi connectivity index (χ1n) is 10.00. The molecule has 1 aromatic carbocycles. The Morgan fingerprint density at radius 1 is 1.18 bits per heavy atom. The van der Waals surface area contributed by atoms with Crippen molar-refractivity contribution in [2.75, 3.05) is 13.1 Å². The number of aryl methyl sites for hydroxylation is 2. The summed E-state index contributed by atoms with van der Waals surface area (Å²) in [7, 11) is 1.91. The van der Waals surface area contributed by atoms with Crippen molar-refractivity contribution >= 4 is 22.5 Å². The lowest BCUT2D eigenvalue weighted by atomic mass is 9.98. The lowest BCUT2D eigenvalue weighted by molar-refractivity contribution is 0.0774. The number of benzene rings is 1. The number of hydrogen-bond acceptors (Lipinski definition) is 3. The fraction of sp³-hybridized carbons (Fsp3) is 0.348. The van der Waals surface area contributed by atoms with Gasteiger partial charge in [-0.1, -0.05) is 36.4 Å². The van der Waals surface area contributed by atoms with Gasteiger partial charge in [0.15, 0.2) is 5.65 Å². The second kappa shape index (κ2) is 6.59. The molecule has 1 aliphatic carbocycles. The highest BCUT2D eigenvalue weighted by Gasteiger charge is 2.30. The van der Waals surface area contributed by atoms with Crippen LogP contribution in [0.15, 0.2) is 42.5 Å². The number of hydrogen-bond donors (Lipinski definition) is 0. The van der Waals surface area contributed by atoms with Crippen molar-refractivity contribution in [2.24, 2.45) is 7.05 Å². The average molecular weight is 372 g/mol. The molecule has 28 heavy (non-hydrogen) atoms. The van der Waals surface area contributed by atoms with Crippen LogP contribution in [0.1, 0.15) is 52.5 Å². The average Bonchev–Trinajstić information content (AvgIpc) is 3.54. The minimum atomic E-state index is 0.0914. The van der Waals surface area contributed by atoms with E-state index in [1.165, 1.54) is 11.1 Å². The zero-order valence-electron chi connectivity index (χ0n) is 16.4. The zero-order chi connectivity index (χ0) is 19.3. The van der Waals surface area contributed by atoms with Gasteiger partial charge in [-0.2, -0.15) is 5.10 Å². The number of carbonyl (C=O) groups is 1. The number of rotatable bonds is 3. The van der Waals surface area contributed by atoms with Crippen LogP contribution >= 0.6 is 0 Å². The Labute approximate surface area is 164 Å². The molecule has 5 heteroatoms. The van der Waals surface area contributed by atoms with E-state index < -0.39 is 0 Å². The van der Waals surface area contributed by atoms with Crippen LogP contribution in [-0.2, 0) is 7.05 Å². The van der Waals surface area contributed by atoms with Crippen LogP contribution in [0.5, 0.6) is 0 Å². The summed E-state index contributed by atoms with van der Waals surface area (Å²) in [6.45, 7) is 3.34. The molecule has 2 aliphatic rings. The molecule has 3 aromatic rings. The van der Waals surface area contributed by atoms with E-state index in [1.54, 1.807) is 4.68 Å². The molecule has 3 heterocycles. The quantitative estimate of drug-likeness (QED) is 0.696. The van der Waals surface area contributed by atoms with E-state index in [-0.39, 0.29) is 5.91 Å². The Bertz CT molecular complexity index is 1090. The molecule has 0 bridgehead atoms. The first-order valence-corrected chi connectivity index (χ1v) is 10.00. The Kier molecular flexibility index (Phi) is 4.04. The topological polar surface area (TPSA) is 51.0 Å². The number of carbonyl (C=O) groups excluding carboxylic acids is 1. The number of aromatic nitrogens is 3. The van der Waals surface area contributed by atoms with Gasteiger partial charge < -0.3 is 4.90 Å². The first kappa shape index (κ1) is 17.2. The Hall–Kier alpha value is -2.95. The third kappa shape index (κ3) is 2.91. The summed E-state index contributed by atoms with van der Waals surface area (Å²) in [5.41, 5.74) is 6.06. The summed E-state index contributed by atoms with van der Waals surface area (Å²) >= 11 is 0. The van der Waals surface area contributed by atoms with Gasteiger partial charge in [0.1, 0.15) is 0 Å². The Morgan fingerprint density at radius 3 is 2.64 bits per heavy atom. The van der Waals surface area contributed by atoms with Crippen molar-refractivity contribution in [1.29, 1.82) is 0 Å². The summed E-state index contributed by atoms with van der Waals surface area (Å²) < 4.78 is 1.80. The third-order valence-corrected chi connectivity index (χ3v) is 5.86. The van der Waals surface area contributed by atoms with Gasteiger partial charge in [-0.25, -0.2) is 4.98 Å². The Morgan fingerprint density at radius 2 is 1.96 bits per heavy atom. The van der Waals surface area contributed by atoms with E-state index in [1.807, 2.05) is 31.0 Å². The monoisotopic (exact) mass is 372 g/mol. The number of amides is 1. The molecule has 0 atom stereocenters. The largest absolute Gasteiger partial charge is 0.335 e. The second-order valence-corrected chi connectivity index (χ2v) is 7.87. The molecule has 0 spiro atoms. The molecular weight excluding hydrogens is 348 g/mol. The maximum Gasteiger partial charge on any atom is 0.255 e. The standard InChI is InChI=1S/C23H24N4O/c1-15-21-19(14-20(18-8-9-18)24-22(21)26(2)25-15)23(28)27-12-10-17(11-13-27)16-6-4-3-5-7-16/h3-7,10,14,18H,8-9,11-13H2,1-2H3. The molecule has 1 fully saturated rings. The molecular formula is C23H24N4O. The lowest BCUT2D eigenvalue weighted by Crippen LogP contribution is -2.35. The van der Waals surface area contributed by atoms with Crippen LogP contribution in [0, 0.1) is 6.92 Å². The molecule has 1 amide bonds. The predicted octanol–water partition coefficient (Wildman–Crippen LogP) is 4.08. The Balaban J connectivity index is 1.49. The van der Waals surface area contributed by atoms with Gasteiger partial charge in [0.25, 0.3) is 5.91 Å². The smallest absolute Gasteiger partial charge is 0.255 e. The molecule has 1 saturated carbocycles. The fourth-order valence-corrected chi connectivity index (χ4v) is 4.16. The van der Waals surface area contributed by atoms with Crippen LogP contribution in [-0.4, -0.2) is 38.7 Å². The third-order valence-electron chi connectivity index (χ3n) is 5.86. The summed E-state index contributed by atoms with van der Waals surface area (Å²) in [4.78, 5) is 20.2. The fourth-order valence-electron chi connectivity index (χ4n) is 4.16. The van der Waals surface area contributed by atoms with Crippen molar-refractivity contribution in [2.45, 2.75) is 32.1 Å². The van der Waals surface area contributed by atoms with Crippen molar-refractivity contribution in [3.8, 4) is 0 Å². The van der Waals surface area contributed by atoms with Crippen LogP contribution in [0.2, 0.25) is 0 Å². The van der Waals surface area contributed by atoms with Gasteiger partial charge in [0.05, 0.1) is 16.6 Å². The molecule has 5 rings (SSSR count). The van der Waals surface area contributed by atoms with E-state index in [0.29, 0.717) is 12.5 Å². The minimum Gasteiger partial charge on any atom is -0.335 e. The number of pyridine rings is 1. The molecule has 142 valence electrons. The van der Waals surface area contributed by atoms with Crippen molar-refractivity contribution < 1.29 is 4.79 Å². The molecule has 2 aromatic heterocycles.